The van der Waals surface area contributed by atoms with Gasteiger partial charge in [0.15, 0.2) is 0 Å². The van der Waals surface area contributed by atoms with Crippen LogP contribution in [0.2, 0.25) is 0 Å². The highest BCUT2D eigenvalue weighted by Crippen LogP contribution is 2.44. The number of benzene rings is 2. The summed E-state index contributed by atoms with van der Waals surface area (Å²) in [6.07, 6.45) is 12.9. The van der Waals surface area contributed by atoms with Crippen LogP contribution in [-0.4, -0.2) is 56.1 Å². The highest BCUT2D eigenvalue weighted by atomic mass is 16.5. The molecule has 1 aliphatic heterocycles. The summed E-state index contributed by atoms with van der Waals surface area (Å²) in [5, 5.41) is 0. The Hall–Kier alpha value is -2.17. The molecule has 0 spiro atoms. The topological polar surface area (TPSA) is 32.8 Å². The highest BCUT2D eigenvalue weighted by molar-refractivity contribution is 5.77. The fourth-order valence-corrected chi connectivity index (χ4v) is 6.83. The quantitative estimate of drug-likeness (QED) is 0.481. The first-order valence-corrected chi connectivity index (χ1v) is 13.4. The zero-order valence-corrected chi connectivity index (χ0v) is 20.8. The third-order valence-electron chi connectivity index (χ3n) is 9.00. The number of piperazine rings is 1. The first-order valence-electron chi connectivity index (χ1n) is 13.4. The zero-order valence-electron chi connectivity index (χ0n) is 20.8. The Morgan fingerprint density at radius 3 is 1.94 bits per heavy atom. The van der Waals surface area contributed by atoms with Gasteiger partial charge in [0.2, 0.25) is 0 Å². The molecular weight excluding hydrogens is 420 g/mol. The summed E-state index contributed by atoms with van der Waals surface area (Å²) in [5.41, 5.74) is 4.54. The van der Waals surface area contributed by atoms with Crippen molar-refractivity contribution < 1.29 is 9.53 Å². The van der Waals surface area contributed by atoms with Gasteiger partial charge in [0.1, 0.15) is 6.29 Å². The van der Waals surface area contributed by atoms with Gasteiger partial charge in [-0.25, -0.2) is 0 Å². The van der Waals surface area contributed by atoms with E-state index in [2.05, 4.69) is 34.1 Å². The minimum Gasteiger partial charge on any atom is -0.378 e. The molecule has 1 heterocycles. The lowest BCUT2D eigenvalue weighted by molar-refractivity contribution is -0.105. The van der Waals surface area contributed by atoms with Crippen molar-refractivity contribution in [3.05, 3.63) is 54.1 Å². The molecule has 2 aliphatic carbocycles. The smallest absolute Gasteiger partial charge is 0.150 e. The van der Waals surface area contributed by atoms with Gasteiger partial charge in [0.05, 0.1) is 5.60 Å². The van der Waals surface area contributed by atoms with Gasteiger partial charge in [-0.1, -0.05) is 55.7 Å². The monoisotopic (exact) mass is 460 g/mol. The summed E-state index contributed by atoms with van der Waals surface area (Å²) in [5.74, 6) is 0.787. The number of rotatable bonds is 6. The molecule has 2 aromatic carbocycles. The molecule has 0 atom stereocenters. The number of carbonyl (C=O) groups excluding carboxylic acids is 1. The van der Waals surface area contributed by atoms with Crippen molar-refractivity contribution in [2.24, 2.45) is 5.92 Å². The van der Waals surface area contributed by atoms with Gasteiger partial charge < -0.3 is 9.64 Å². The maximum Gasteiger partial charge on any atom is 0.150 e. The lowest BCUT2D eigenvalue weighted by Gasteiger charge is -2.49. The number of ether oxygens (including phenoxy) is 1. The van der Waals surface area contributed by atoms with E-state index in [1.54, 1.807) is 0 Å². The minimum atomic E-state index is 0.161. The van der Waals surface area contributed by atoms with E-state index in [4.69, 9.17) is 4.74 Å². The summed E-state index contributed by atoms with van der Waals surface area (Å²) < 4.78 is 6.24. The number of hydrogen-bond donors (Lipinski definition) is 0. The molecule has 0 aromatic heterocycles. The number of aldehydes is 1. The van der Waals surface area contributed by atoms with Crippen molar-refractivity contribution in [3.8, 4) is 11.1 Å². The lowest BCUT2D eigenvalue weighted by atomic mass is 9.68. The van der Waals surface area contributed by atoms with Crippen LogP contribution < -0.4 is 4.90 Å². The van der Waals surface area contributed by atoms with Gasteiger partial charge in [-0.05, 0) is 67.7 Å². The number of hydrogen-bond acceptors (Lipinski definition) is 4. The molecule has 182 valence electrons. The first kappa shape index (κ1) is 23.6. The Morgan fingerprint density at radius 2 is 1.38 bits per heavy atom. The fourth-order valence-electron chi connectivity index (χ4n) is 6.83. The van der Waals surface area contributed by atoms with Crippen molar-refractivity contribution in [3.63, 3.8) is 0 Å². The summed E-state index contributed by atoms with van der Waals surface area (Å²) in [6.45, 7) is 4.51. The molecule has 4 nitrogen and oxygen atoms in total. The third kappa shape index (κ3) is 4.94. The largest absolute Gasteiger partial charge is 0.378 e. The SMILES string of the molecule is CO[C@]1(C2CCCCC2)CC[C@H](N2CCN(c3ccc(-c4ccc(C=O)cc4)cc3)CC2)CC1. The Balaban J connectivity index is 1.13. The second-order valence-corrected chi connectivity index (χ2v) is 10.6. The number of carbonyl (C=O) groups is 1. The van der Waals surface area contributed by atoms with Gasteiger partial charge in [-0.2, -0.15) is 0 Å². The zero-order chi connectivity index (χ0) is 23.4. The van der Waals surface area contributed by atoms with Crippen molar-refractivity contribution in [2.75, 3.05) is 38.2 Å². The van der Waals surface area contributed by atoms with Crippen LogP contribution in [0.25, 0.3) is 11.1 Å². The maximum absolute atomic E-state index is 10.9. The minimum absolute atomic E-state index is 0.161. The van der Waals surface area contributed by atoms with Crippen molar-refractivity contribution in [2.45, 2.75) is 69.4 Å². The summed E-state index contributed by atoms with van der Waals surface area (Å²) in [4.78, 5) is 16.2. The summed E-state index contributed by atoms with van der Waals surface area (Å²) in [6, 6.07) is 17.4. The Bertz CT molecular complexity index is 917. The maximum atomic E-state index is 10.9. The molecule has 3 aliphatic rings. The molecule has 0 unspecified atom stereocenters. The van der Waals surface area contributed by atoms with E-state index in [0.717, 1.165) is 55.6 Å². The Labute approximate surface area is 205 Å². The van der Waals surface area contributed by atoms with Gasteiger partial charge >= 0.3 is 0 Å². The second-order valence-electron chi connectivity index (χ2n) is 10.6. The second kappa shape index (κ2) is 10.6. The average molecular weight is 461 g/mol. The molecule has 1 saturated heterocycles. The molecule has 0 N–H and O–H groups in total. The van der Waals surface area contributed by atoms with Crippen LogP contribution in [0.4, 0.5) is 5.69 Å². The van der Waals surface area contributed by atoms with Gasteiger partial charge in [-0.15, -0.1) is 0 Å². The van der Waals surface area contributed by atoms with Crippen molar-refractivity contribution in [1.29, 1.82) is 0 Å². The van der Waals surface area contributed by atoms with E-state index >= 15 is 0 Å². The Morgan fingerprint density at radius 1 is 0.794 bits per heavy atom. The van der Waals surface area contributed by atoms with Gasteiger partial charge in [0.25, 0.3) is 0 Å². The van der Waals surface area contributed by atoms with Crippen LogP contribution in [0.5, 0.6) is 0 Å². The number of methoxy groups -OCH3 is 1. The molecule has 0 amide bonds. The molecular formula is C30H40N2O2. The third-order valence-corrected chi connectivity index (χ3v) is 9.00. The molecule has 2 saturated carbocycles. The molecule has 34 heavy (non-hydrogen) atoms. The standard InChI is InChI=1S/C30H40N2O2/c1-34-30(27-5-3-2-4-6-27)17-15-29(16-18-30)32-21-19-31(20-22-32)28-13-11-26(12-14-28)25-9-7-24(23-33)8-10-25/h7-14,23,27,29H,2-6,15-22H2,1H3/t29-,30+. The van der Waals surface area contributed by atoms with Crippen LogP contribution >= 0.6 is 0 Å². The van der Waals surface area contributed by atoms with E-state index in [0.29, 0.717) is 0 Å². The lowest BCUT2D eigenvalue weighted by Crippen LogP contribution is -2.54. The van der Waals surface area contributed by atoms with Gasteiger partial charge in [-0.3, -0.25) is 9.69 Å². The molecule has 5 rings (SSSR count). The van der Waals surface area contributed by atoms with Crippen LogP contribution in [0, 0.1) is 5.92 Å². The Kier molecular flexibility index (Phi) is 7.36. The molecule has 2 aromatic rings. The number of nitrogens with zero attached hydrogens (tertiary/aromatic N) is 2. The fraction of sp³-hybridized carbons (Fsp3) is 0.567. The van der Waals surface area contributed by atoms with E-state index < -0.39 is 0 Å². The van der Waals surface area contributed by atoms with Gasteiger partial charge in [0, 0.05) is 50.6 Å². The predicted octanol–water partition coefficient (Wildman–Crippen LogP) is 6.20. The van der Waals surface area contributed by atoms with Crippen LogP contribution in [0.15, 0.2) is 48.5 Å². The van der Waals surface area contributed by atoms with Crippen molar-refractivity contribution >= 4 is 12.0 Å². The van der Waals surface area contributed by atoms with Crippen LogP contribution in [-0.2, 0) is 4.74 Å². The number of anilines is 1. The molecule has 0 bridgehead atoms. The average Bonchev–Trinajstić information content (AvgIpc) is 2.94. The predicted molar refractivity (Wildman–Crippen MR) is 140 cm³/mol. The van der Waals surface area contributed by atoms with E-state index in [-0.39, 0.29) is 5.60 Å². The molecule has 0 radical (unpaired) electrons. The van der Waals surface area contributed by atoms with Crippen molar-refractivity contribution in [1.82, 2.24) is 4.90 Å². The molecule has 3 fully saturated rings. The highest BCUT2D eigenvalue weighted by Gasteiger charge is 2.43. The summed E-state index contributed by atoms with van der Waals surface area (Å²) >= 11 is 0. The molecule has 4 heteroatoms. The normalized spacial score (nSPS) is 27.0. The van der Waals surface area contributed by atoms with Crippen LogP contribution in [0.3, 0.4) is 0 Å². The van der Waals surface area contributed by atoms with Crippen LogP contribution in [0.1, 0.15) is 68.1 Å². The van der Waals surface area contributed by atoms with E-state index in [1.165, 1.54) is 69.0 Å². The van der Waals surface area contributed by atoms with E-state index in [1.807, 2.05) is 31.4 Å². The summed E-state index contributed by atoms with van der Waals surface area (Å²) in [7, 11) is 1.97. The first-order chi connectivity index (χ1) is 16.7. The van der Waals surface area contributed by atoms with E-state index in [9.17, 15) is 4.79 Å².